The zero-order valence-electron chi connectivity index (χ0n) is 13.4. The monoisotopic (exact) mass is 424 g/mol. The van der Waals surface area contributed by atoms with Crippen molar-refractivity contribution >= 4 is 41.0 Å². The van der Waals surface area contributed by atoms with Gasteiger partial charge in [-0.25, -0.2) is 13.6 Å². The van der Waals surface area contributed by atoms with Crippen molar-refractivity contribution in [1.29, 1.82) is 0 Å². The highest BCUT2D eigenvalue weighted by molar-refractivity contribution is 8.00. The second kappa shape index (κ2) is 8.13. The first-order chi connectivity index (χ1) is 12.5. The maximum absolute atomic E-state index is 14.1. The van der Waals surface area contributed by atoms with E-state index in [9.17, 15) is 31.5 Å². The molecule has 27 heavy (non-hydrogen) atoms. The molecular weight excluding hydrogens is 415 g/mol. The summed E-state index contributed by atoms with van der Waals surface area (Å²) in [7, 11) is 1.10. The van der Waals surface area contributed by atoms with Crippen LogP contribution in [0, 0.1) is 11.6 Å². The summed E-state index contributed by atoms with van der Waals surface area (Å²) in [6.07, 6.45) is 0. The Morgan fingerprint density at radius 2 is 1.78 bits per heavy atom. The van der Waals surface area contributed by atoms with Crippen molar-refractivity contribution in [2.24, 2.45) is 0 Å². The van der Waals surface area contributed by atoms with Crippen LogP contribution in [-0.2, 0) is 0 Å². The van der Waals surface area contributed by atoms with Crippen LogP contribution >= 0.6 is 23.4 Å². The van der Waals surface area contributed by atoms with Gasteiger partial charge in [0.05, 0.1) is 16.3 Å². The minimum Gasteiger partial charge on any atom is -0.294 e. The van der Waals surface area contributed by atoms with Crippen LogP contribution in [0.1, 0.15) is 10.4 Å². The first kappa shape index (κ1) is 21.0. The van der Waals surface area contributed by atoms with E-state index in [1.807, 2.05) is 5.32 Å². The van der Waals surface area contributed by atoms with Gasteiger partial charge in [0.25, 0.3) is 5.91 Å². The summed E-state index contributed by atoms with van der Waals surface area (Å²) in [6, 6.07) is 4.87. The van der Waals surface area contributed by atoms with Crippen LogP contribution < -0.4 is 10.2 Å². The van der Waals surface area contributed by atoms with Crippen molar-refractivity contribution in [2.45, 2.75) is 10.4 Å². The van der Waals surface area contributed by atoms with Gasteiger partial charge in [-0.1, -0.05) is 17.7 Å². The number of hydrogen-bond acceptors (Lipinski definition) is 3. The van der Waals surface area contributed by atoms with Crippen LogP contribution in [-0.4, -0.2) is 24.5 Å². The van der Waals surface area contributed by atoms with Crippen LogP contribution in [0.2, 0.25) is 5.02 Å². The fourth-order valence-electron chi connectivity index (χ4n) is 1.99. The summed E-state index contributed by atoms with van der Waals surface area (Å²) < 4.78 is 64.4. The molecule has 0 radical (unpaired) electrons. The van der Waals surface area contributed by atoms with Gasteiger partial charge >= 0.3 is 11.5 Å². The highest BCUT2D eigenvalue weighted by Crippen LogP contribution is 2.38. The molecule has 0 atom stereocenters. The lowest BCUT2D eigenvalue weighted by Crippen LogP contribution is -2.41. The number of imide groups is 1. The van der Waals surface area contributed by atoms with E-state index in [1.165, 1.54) is 12.1 Å². The van der Waals surface area contributed by atoms with Crippen molar-refractivity contribution in [1.82, 2.24) is 5.32 Å². The predicted octanol–water partition coefficient (Wildman–Crippen LogP) is 5.22. The van der Waals surface area contributed by atoms with Crippen LogP contribution in [0.3, 0.4) is 0 Å². The lowest BCUT2D eigenvalue weighted by atomic mass is 10.2. The van der Waals surface area contributed by atoms with Gasteiger partial charge in [0, 0.05) is 11.9 Å². The number of rotatable bonds is 3. The van der Waals surface area contributed by atoms with Gasteiger partial charge in [-0.2, -0.15) is 13.2 Å². The Balaban J connectivity index is 2.15. The largest absolute Gasteiger partial charge is 0.446 e. The standard InChI is InChI=1S/C16H10ClF5N2O2S/c1-24(12-6-5-8(7-11(12)19)27-16(20,21)22)15(26)23-14(25)9-3-2-4-10(18)13(9)17/h2-7H,1H3,(H,23,25,26). The molecule has 2 rings (SSSR count). The van der Waals surface area contributed by atoms with Crippen molar-refractivity contribution in [3.63, 3.8) is 0 Å². The van der Waals surface area contributed by atoms with Gasteiger partial charge < -0.3 is 0 Å². The molecule has 4 nitrogen and oxygen atoms in total. The molecule has 0 aliphatic heterocycles. The molecular formula is C16H10ClF5N2O2S. The van der Waals surface area contributed by atoms with Crippen LogP contribution in [0.15, 0.2) is 41.3 Å². The summed E-state index contributed by atoms with van der Waals surface area (Å²) in [4.78, 5) is 24.4. The third kappa shape index (κ3) is 5.33. The zero-order valence-corrected chi connectivity index (χ0v) is 15.0. The fourth-order valence-corrected chi connectivity index (χ4v) is 2.77. The van der Waals surface area contributed by atoms with E-state index in [4.69, 9.17) is 11.6 Å². The number of benzene rings is 2. The SMILES string of the molecule is CN(C(=O)NC(=O)c1cccc(F)c1Cl)c1ccc(SC(F)(F)F)cc1F. The van der Waals surface area contributed by atoms with Crippen molar-refractivity contribution in [2.75, 3.05) is 11.9 Å². The summed E-state index contributed by atoms with van der Waals surface area (Å²) in [6.45, 7) is 0. The summed E-state index contributed by atoms with van der Waals surface area (Å²) in [5.41, 5.74) is -5.26. The van der Waals surface area contributed by atoms with Crippen LogP contribution in [0.5, 0.6) is 0 Å². The lowest BCUT2D eigenvalue weighted by Gasteiger charge is -2.19. The first-order valence-electron chi connectivity index (χ1n) is 7.08. The molecule has 1 N–H and O–H groups in total. The Kier molecular flexibility index (Phi) is 6.32. The maximum atomic E-state index is 14.1. The first-order valence-corrected chi connectivity index (χ1v) is 8.27. The van der Waals surface area contributed by atoms with Gasteiger partial charge in [-0.3, -0.25) is 15.0 Å². The zero-order chi connectivity index (χ0) is 20.4. The number of amides is 3. The van der Waals surface area contributed by atoms with Gasteiger partial charge in [-0.05, 0) is 42.1 Å². The Labute approximate surface area is 159 Å². The maximum Gasteiger partial charge on any atom is 0.446 e. The molecule has 144 valence electrons. The van der Waals surface area contributed by atoms with Gasteiger partial charge in [-0.15, -0.1) is 0 Å². The van der Waals surface area contributed by atoms with Crippen molar-refractivity contribution in [3.05, 3.63) is 58.6 Å². The molecule has 11 heteroatoms. The number of urea groups is 1. The molecule has 0 aliphatic rings. The molecule has 0 aliphatic carbocycles. The number of carbonyl (C=O) groups is 2. The third-order valence-corrected chi connectivity index (χ3v) is 4.34. The predicted molar refractivity (Wildman–Crippen MR) is 91.0 cm³/mol. The molecule has 0 spiro atoms. The number of nitrogens with zero attached hydrogens (tertiary/aromatic N) is 1. The van der Waals surface area contributed by atoms with E-state index in [0.717, 1.165) is 25.2 Å². The summed E-state index contributed by atoms with van der Waals surface area (Å²) in [5, 5.41) is 1.39. The van der Waals surface area contributed by atoms with E-state index in [-0.39, 0.29) is 11.3 Å². The molecule has 0 bridgehead atoms. The Morgan fingerprint density at radius 1 is 1.11 bits per heavy atom. The molecule has 2 aromatic carbocycles. The normalized spacial score (nSPS) is 11.2. The van der Waals surface area contributed by atoms with Crippen molar-refractivity contribution in [3.8, 4) is 0 Å². The highest BCUT2D eigenvalue weighted by atomic mass is 35.5. The third-order valence-electron chi connectivity index (χ3n) is 3.24. The van der Waals surface area contributed by atoms with E-state index in [1.54, 1.807) is 0 Å². The number of hydrogen-bond donors (Lipinski definition) is 1. The van der Waals surface area contributed by atoms with Gasteiger partial charge in [0.1, 0.15) is 11.6 Å². The smallest absolute Gasteiger partial charge is 0.294 e. The Morgan fingerprint density at radius 3 is 2.37 bits per heavy atom. The lowest BCUT2D eigenvalue weighted by molar-refractivity contribution is -0.0328. The topological polar surface area (TPSA) is 49.4 Å². The second-order valence-corrected chi connectivity index (χ2v) is 6.60. The molecule has 3 amide bonds. The average molecular weight is 425 g/mol. The quantitative estimate of drug-likeness (QED) is 0.543. The number of thioether (sulfide) groups is 1. The summed E-state index contributed by atoms with van der Waals surface area (Å²) in [5.74, 6) is -2.99. The van der Waals surface area contributed by atoms with Crippen molar-refractivity contribution < 1.29 is 31.5 Å². The number of alkyl halides is 3. The molecule has 0 unspecified atom stereocenters. The highest BCUT2D eigenvalue weighted by Gasteiger charge is 2.30. The van der Waals surface area contributed by atoms with Crippen LogP contribution in [0.4, 0.5) is 32.4 Å². The number of carbonyl (C=O) groups excluding carboxylic acids is 2. The van der Waals surface area contributed by atoms with E-state index >= 15 is 0 Å². The molecule has 0 heterocycles. The number of halogens is 6. The van der Waals surface area contributed by atoms with Gasteiger partial charge in [0.2, 0.25) is 0 Å². The molecule has 2 aromatic rings. The van der Waals surface area contributed by atoms with E-state index in [0.29, 0.717) is 11.0 Å². The minimum absolute atomic E-state index is 0.309. The molecule has 0 saturated carbocycles. The Bertz CT molecular complexity index is 892. The van der Waals surface area contributed by atoms with Gasteiger partial charge in [0.15, 0.2) is 0 Å². The molecule has 0 saturated heterocycles. The van der Waals surface area contributed by atoms with E-state index < -0.39 is 50.8 Å². The second-order valence-electron chi connectivity index (χ2n) is 5.08. The number of nitrogens with one attached hydrogen (secondary N) is 1. The average Bonchev–Trinajstić information content (AvgIpc) is 2.55. The Hall–Kier alpha value is -2.33. The fraction of sp³-hybridized carbons (Fsp3) is 0.125. The number of anilines is 1. The summed E-state index contributed by atoms with van der Waals surface area (Å²) >= 11 is 5.14. The van der Waals surface area contributed by atoms with E-state index in [2.05, 4.69) is 0 Å². The molecule has 0 aromatic heterocycles. The minimum atomic E-state index is -4.59. The molecule has 0 fully saturated rings. The van der Waals surface area contributed by atoms with Crippen LogP contribution in [0.25, 0.3) is 0 Å².